The molecule has 4 nitrogen and oxygen atoms in total. The molecule has 0 aliphatic rings. The molecule has 1 aromatic heterocycles. The van der Waals surface area contributed by atoms with Crippen LogP contribution in [0.25, 0.3) is 11.1 Å². The molecule has 0 aliphatic carbocycles. The first kappa shape index (κ1) is 18.6. The molecule has 0 aliphatic heterocycles. The highest BCUT2D eigenvalue weighted by Crippen LogP contribution is 2.29. The van der Waals surface area contributed by atoms with Crippen molar-refractivity contribution >= 4 is 5.91 Å². The standard InChI is InChI=1S/C23H24N2O2/c1-16(2)14-21-17(3)24-25(18(21)4)23(26)15-27-22-13-9-8-12-20(22)19-10-6-5-7-11-19/h5-13H,1,14-15H2,2-4H3. The normalized spacial score (nSPS) is 10.6. The van der Waals surface area contributed by atoms with E-state index in [1.165, 1.54) is 4.68 Å². The Morgan fingerprint density at radius 1 is 1.07 bits per heavy atom. The van der Waals surface area contributed by atoms with E-state index < -0.39 is 0 Å². The van der Waals surface area contributed by atoms with Crippen molar-refractivity contribution in [1.82, 2.24) is 9.78 Å². The van der Waals surface area contributed by atoms with Crippen molar-refractivity contribution in [2.75, 3.05) is 6.61 Å². The summed E-state index contributed by atoms with van der Waals surface area (Å²) in [6, 6.07) is 17.7. The second-order valence-corrected chi connectivity index (χ2v) is 6.74. The van der Waals surface area contributed by atoms with Crippen LogP contribution in [0.4, 0.5) is 0 Å². The van der Waals surface area contributed by atoms with Crippen molar-refractivity contribution < 1.29 is 9.53 Å². The summed E-state index contributed by atoms with van der Waals surface area (Å²) in [7, 11) is 0. The molecular formula is C23H24N2O2. The van der Waals surface area contributed by atoms with E-state index in [1.54, 1.807) is 0 Å². The quantitative estimate of drug-likeness (QED) is 0.581. The van der Waals surface area contributed by atoms with Crippen molar-refractivity contribution in [3.05, 3.63) is 83.7 Å². The summed E-state index contributed by atoms with van der Waals surface area (Å²) in [6.07, 6.45) is 0.725. The summed E-state index contributed by atoms with van der Waals surface area (Å²) in [4.78, 5) is 12.7. The first-order valence-corrected chi connectivity index (χ1v) is 8.97. The monoisotopic (exact) mass is 360 g/mol. The molecule has 0 saturated heterocycles. The number of hydrogen-bond donors (Lipinski definition) is 0. The highest BCUT2D eigenvalue weighted by atomic mass is 16.5. The van der Waals surface area contributed by atoms with Gasteiger partial charge in [0.05, 0.1) is 5.69 Å². The van der Waals surface area contributed by atoms with E-state index in [9.17, 15) is 4.79 Å². The van der Waals surface area contributed by atoms with Gasteiger partial charge in [-0.3, -0.25) is 4.79 Å². The molecule has 0 radical (unpaired) electrons. The third kappa shape index (κ3) is 4.17. The van der Waals surface area contributed by atoms with Crippen molar-refractivity contribution in [1.29, 1.82) is 0 Å². The first-order valence-electron chi connectivity index (χ1n) is 8.97. The SMILES string of the molecule is C=C(C)Cc1c(C)nn(C(=O)COc2ccccc2-c2ccccc2)c1C. The number of hydrogen-bond acceptors (Lipinski definition) is 3. The third-order valence-electron chi connectivity index (χ3n) is 4.48. The van der Waals surface area contributed by atoms with Gasteiger partial charge in [-0.15, -0.1) is 0 Å². The highest BCUT2D eigenvalue weighted by molar-refractivity contribution is 5.81. The largest absolute Gasteiger partial charge is 0.483 e. The number of para-hydroxylation sites is 1. The molecule has 0 fully saturated rings. The molecule has 27 heavy (non-hydrogen) atoms. The number of allylic oxidation sites excluding steroid dienone is 1. The smallest absolute Gasteiger partial charge is 0.284 e. The van der Waals surface area contributed by atoms with Crippen LogP contribution in [0.15, 0.2) is 66.7 Å². The topological polar surface area (TPSA) is 44.1 Å². The Kier molecular flexibility index (Phi) is 5.55. The number of ether oxygens (including phenoxy) is 1. The van der Waals surface area contributed by atoms with Gasteiger partial charge in [0.15, 0.2) is 6.61 Å². The Bertz CT molecular complexity index is 971. The van der Waals surface area contributed by atoms with E-state index in [0.29, 0.717) is 5.75 Å². The van der Waals surface area contributed by atoms with Crippen molar-refractivity contribution in [2.24, 2.45) is 0 Å². The summed E-state index contributed by atoms with van der Waals surface area (Å²) in [5.74, 6) is 0.493. The highest BCUT2D eigenvalue weighted by Gasteiger charge is 2.17. The first-order chi connectivity index (χ1) is 13.0. The van der Waals surface area contributed by atoms with Crippen LogP contribution in [0.2, 0.25) is 0 Å². The molecule has 1 heterocycles. The van der Waals surface area contributed by atoms with Gasteiger partial charge in [-0.2, -0.15) is 5.10 Å². The summed E-state index contributed by atoms with van der Waals surface area (Å²) in [6.45, 7) is 9.69. The average Bonchev–Trinajstić information content (AvgIpc) is 2.95. The zero-order valence-corrected chi connectivity index (χ0v) is 16.0. The lowest BCUT2D eigenvalue weighted by Gasteiger charge is -2.11. The number of nitrogens with zero attached hydrogens (tertiary/aromatic N) is 2. The fourth-order valence-corrected chi connectivity index (χ4v) is 3.12. The summed E-state index contributed by atoms with van der Waals surface area (Å²) >= 11 is 0. The molecule has 3 aromatic rings. The molecule has 0 unspecified atom stereocenters. The van der Waals surface area contributed by atoms with Gasteiger partial charge >= 0.3 is 0 Å². The Morgan fingerprint density at radius 3 is 2.44 bits per heavy atom. The molecule has 3 rings (SSSR count). The van der Waals surface area contributed by atoms with E-state index in [-0.39, 0.29) is 12.5 Å². The Balaban J connectivity index is 1.79. The second-order valence-electron chi connectivity index (χ2n) is 6.74. The van der Waals surface area contributed by atoms with Crippen LogP contribution in [0, 0.1) is 13.8 Å². The Morgan fingerprint density at radius 2 is 1.74 bits per heavy atom. The number of rotatable bonds is 6. The minimum absolute atomic E-state index is 0.0711. The van der Waals surface area contributed by atoms with E-state index in [2.05, 4.69) is 11.7 Å². The van der Waals surface area contributed by atoms with Crippen LogP contribution in [-0.4, -0.2) is 22.3 Å². The second kappa shape index (κ2) is 8.04. The summed E-state index contributed by atoms with van der Waals surface area (Å²) in [5, 5.41) is 4.40. The lowest BCUT2D eigenvalue weighted by molar-refractivity contribution is 0.0818. The number of carbonyl (C=O) groups excluding carboxylic acids is 1. The average molecular weight is 360 g/mol. The van der Waals surface area contributed by atoms with Crippen LogP contribution >= 0.6 is 0 Å². The minimum Gasteiger partial charge on any atom is -0.483 e. The van der Waals surface area contributed by atoms with Gasteiger partial charge < -0.3 is 4.74 Å². The van der Waals surface area contributed by atoms with E-state index in [0.717, 1.165) is 40.1 Å². The number of benzene rings is 2. The Labute approximate surface area is 160 Å². The van der Waals surface area contributed by atoms with Gasteiger partial charge in [-0.25, -0.2) is 4.68 Å². The van der Waals surface area contributed by atoms with E-state index >= 15 is 0 Å². The minimum atomic E-state index is -0.188. The van der Waals surface area contributed by atoms with Gasteiger partial charge in [0.2, 0.25) is 0 Å². The van der Waals surface area contributed by atoms with Crippen LogP contribution in [0.1, 0.15) is 28.7 Å². The van der Waals surface area contributed by atoms with Crippen molar-refractivity contribution in [3.63, 3.8) is 0 Å². The Hall–Kier alpha value is -3.14. The maximum absolute atomic E-state index is 12.7. The molecule has 0 N–H and O–H groups in total. The molecule has 2 aromatic carbocycles. The molecule has 0 saturated carbocycles. The lowest BCUT2D eigenvalue weighted by Crippen LogP contribution is -2.22. The van der Waals surface area contributed by atoms with E-state index in [4.69, 9.17) is 4.74 Å². The lowest BCUT2D eigenvalue weighted by atomic mass is 10.1. The molecule has 0 atom stereocenters. The molecule has 0 spiro atoms. The molecular weight excluding hydrogens is 336 g/mol. The fraction of sp³-hybridized carbons (Fsp3) is 0.217. The molecule has 0 amide bonds. The van der Waals surface area contributed by atoms with Crippen molar-refractivity contribution in [3.8, 4) is 16.9 Å². The maximum atomic E-state index is 12.7. The van der Waals surface area contributed by atoms with Gasteiger partial charge in [0.25, 0.3) is 5.91 Å². The van der Waals surface area contributed by atoms with E-state index in [1.807, 2.05) is 75.4 Å². The van der Waals surface area contributed by atoms with Gasteiger partial charge in [0, 0.05) is 16.8 Å². The number of aryl methyl sites for hydroxylation is 1. The summed E-state index contributed by atoms with van der Waals surface area (Å²) < 4.78 is 7.31. The molecule has 0 bridgehead atoms. The summed E-state index contributed by atoms with van der Waals surface area (Å²) in [5.41, 5.74) is 5.81. The zero-order chi connectivity index (χ0) is 19.4. The number of aromatic nitrogens is 2. The third-order valence-corrected chi connectivity index (χ3v) is 4.48. The zero-order valence-electron chi connectivity index (χ0n) is 16.0. The maximum Gasteiger partial charge on any atom is 0.284 e. The predicted octanol–water partition coefficient (Wildman–Crippen LogP) is 5.00. The van der Waals surface area contributed by atoms with Crippen LogP contribution < -0.4 is 4.74 Å². The molecule has 4 heteroatoms. The number of carbonyl (C=O) groups is 1. The van der Waals surface area contributed by atoms with Crippen LogP contribution in [0.5, 0.6) is 5.75 Å². The van der Waals surface area contributed by atoms with Gasteiger partial charge in [0.1, 0.15) is 5.75 Å². The van der Waals surface area contributed by atoms with Crippen LogP contribution in [0.3, 0.4) is 0 Å². The molecule has 138 valence electrons. The predicted molar refractivity (Wildman–Crippen MR) is 108 cm³/mol. The van der Waals surface area contributed by atoms with Crippen LogP contribution in [-0.2, 0) is 6.42 Å². The van der Waals surface area contributed by atoms with Gasteiger partial charge in [-0.05, 0) is 38.8 Å². The van der Waals surface area contributed by atoms with Crippen molar-refractivity contribution in [2.45, 2.75) is 27.2 Å². The fourth-order valence-electron chi connectivity index (χ4n) is 3.12. The van der Waals surface area contributed by atoms with Gasteiger partial charge in [-0.1, -0.05) is 60.7 Å².